The molecule has 0 heterocycles. The molecule has 26 heteroatoms. The number of hydrogen-bond acceptors (Lipinski definition) is 20. The van der Waals surface area contributed by atoms with Crippen molar-refractivity contribution < 1.29 is 94.9 Å². The number of esters is 6. The van der Waals surface area contributed by atoms with Crippen molar-refractivity contribution in [1.82, 2.24) is 0 Å². The van der Waals surface area contributed by atoms with Crippen LogP contribution in [0.5, 0.6) is 0 Å². The Morgan fingerprint density at radius 2 is 0.797 bits per heavy atom. The number of carbonyl (C=O) groups excluding carboxylic acids is 6. The van der Waals surface area contributed by atoms with Gasteiger partial charge in [0.15, 0.2) is 0 Å². The first-order valence-corrected chi connectivity index (χ1v) is 24.4. The van der Waals surface area contributed by atoms with Crippen molar-refractivity contribution in [2.24, 2.45) is 17.3 Å². The van der Waals surface area contributed by atoms with E-state index >= 15 is 0 Å². The summed E-state index contributed by atoms with van der Waals surface area (Å²) in [5.41, 5.74) is -1.55. The summed E-state index contributed by atoms with van der Waals surface area (Å²) in [7, 11) is -9.40. The summed E-state index contributed by atoms with van der Waals surface area (Å²) < 4.78 is 62.0. The minimum atomic E-state index is -4.70. The molecule has 0 amide bonds. The first-order valence-electron chi connectivity index (χ1n) is 18.2. The second-order valence-corrected chi connectivity index (χ2v) is 20.9. The summed E-state index contributed by atoms with van der Waals surface area (Å²) in [6.07, 6.45) is -0.457. The van der Waals surface area contributed by atoms with Crippen LogP contribution < -0.4 is 0 Å². The van der Waals surface area contributed by atoms with Gasteiger partial charge in [0, 0.05) is 32.5 Å². The number of carbonyl (C=O) groups is 6. The molecule has 6 atom stereocenters. The fourth-order valence-corrected chi connectivity index (χ4v) is 7.06. The van der Waals surface area contributed by atoms with E-state index in [9.17, 15) is 37.9 Å². The predicted octanol–water partition coefficient (Wildman–Crippen LogP) is 3.16. The molecule has 4 N–H and O–H groups in total. The number of phosphoric ester groups is 2. The summed E-state index contributed by atoms with van der Waals surface area (Å²) in [4.78, 5) is 111. The number of ether oxygens (including phenoxy) is 6. The van der Waals surface area contributed by atoms with Crippen LogP contribution in [-0.4, -0.2) is 141 Å². The van der Waals surface area contributed by atoms with Crippen LogP contribution in [0.25, 0.3) is 0 Å². The normalized spacial score (nSPS) is 15.9. The Bertz CT molecular complexity index is 1320. The molecule has 0 aliphatic heterocycles. The standard InChI is InChI=1S/C33H58O20P2S4/c1-21(31(38)46-7-9-52-54(40,41)42)15-58-25(5)13-29(36)50-19-33(17-48-27(34)11-23(3)56,18-49-28(35)12-24(4)57)20-51-30(37)14-26(6)59-16-22(2)32(39)47-8-10-53-55(43,44)45/h21-26,56-57H,7-20H2,1-6H3,(H2,40,41,42)(H2,43,44,45). The molecule has 0 aromatic heterocycles. The van der Waals surface area contributed by atoms with Crippen LogP contribution in [-0.2, 0) is 75.4 Å². The lowest BCUT2D eigenvalue weighted by Crippen LogP contribution is -2.44. The summed E-state index contributed by atoms with van der Waals surface area (Å²) in [5.74, 6) is -4.85. The van der Waals surface area contributed by atoms with Gasteiger partial charge in [-0.25, -0.2) is 9.13 Å². The third kappa shape index (κ3) is 31.9. The van der Waals surface area contributed by atoms with Crippen molar-refractivity contribution in [2.45, 2.75) is 88.2 Å². The first kappa shape index (κ1) is 57.4. The Hall–Kier alpha value is -1.56. The van der Waals surface area contributed by atoms with E-state index in [1.807, 2.05) is 0 Å². The third-order valence-electron chi connectivity index (χ3n) is 7.23. The minimum Gasteiger partial charge on any atom is -0.465 e. The van der Waals surface area contributed by atoms with Gasteiger partial charge in [-0.15, -0.1) is 0 Å². The van der Waals surface area contributed by atoms with Gasteiger partial charge in [0.1, 0.15) is 45.1 Å². The van der Waals surface area contributed by atoms with Gasteiger partial charge in [-0.2, -0.15) is 48.8 Å². The largest absolute Gasteiger partial charge is 0.469 e. The molecule has 0 rings (SSSR count). The molecule has 0 spiro atoms. The molecule has 0 radical (unpaired) electrons. The number of phosphoric acid groups is 2. The van der Waals surface area contributed by atoms with Crippen LogP contribution in [0.2, 0.25) is 0 Å². The van der Waals surface area contributed by atoms with Gasteiger partial charge in [-0.05, 0) is 0 Å². The molecule has 0 fully saturated rings. The smallest absolute Gasteiger partial charge is 0.465 e. The highest BCUT2D eigenvalue weighted by molar-refractivity contribution is 8.00. The van der Waals surface area contributed by atoms with Crippen LogP contribution in [0.15, 0.2) is 0 Å². The molecule has 0 saturated carbocycles. The average Bonchev–Trinajstić information content (AvgIpc) is 3.10. The van der Waals surface area contributed by atoms with Crippen molar-refractivity contribution >= 4 is 100 Å². The molecule has 0 bridgehead atoms. The number of hydrogen-bond donors (Lipinski definition) is 6. The van der Waals surface area contributed by atoms with Crippen molar-refractivity contribution in [2.75, 3.05) is 64.4 Å². The second kappa shape index (κ2) is 29.7. The molecule has 0 aromatic rings. The fraction of sp³-hybridized carbons (Fsp3) is 0.818. The lowest BCUT2D eigenvalue weighted by Gasteiger charge is -2.32. The molecule has 0 saturated heterocycles. The Morgan fingerprint density at radius 3 is 1.07 bits per heavy atom. The molecular formula is C33H58O20P2S4. The molecular weight excluding hydrogens is 907 g/mol. The van der Waals surface area contributed by atoms with E-state index < -0.39 is 108 Å². The zero-order chi connectivity index (χ0) is 45.4. The highest BCUT2D eigenvalue weighted by Crippen LogP contribution is 2.36. The first-order chi connectivity index (χ1) is 27.2. The maximum Gasteiger partial charge on any atom is 0.469 e. The minimum absolute atomic E-state index is 0.0838. The summed E-state index contributed by atoms with van der Waals surface area (Å²) in [5, 5.41) is -1.48. The highest BCUT2D eigenvalue weighted by Gasteiger charge is 2.38. The molecule has 0 aromatic carbocycles. The quantitative estimate of drug-likeness (QED) is 0.0186. The predicted molar refractivity (Wildman–Crippen MR) is 222 cm³/mol. The van der Waals surface area contributed by atoms with E-state index in [1.54, 1.807) is 41.5 Å². The molecule has 59 heavy (non-hydrogen) atoms. The van der Waals surface area contributed by atoms with Crippen molar-refractivity contribution in [3.63, 3.8) is 0 Å². The summed E-state index contributed by atoms with van der Waals surface area (Å²) in [6, 6.07) is 0. The lowest BCUT2D eigenvalue weighted by molar-refractivity contribution is -0.170. The molecule has 6 unspecified atom stereocenters. The SMILES string of the molecule is CC(S)CC(=O)OCC(COC(=O)CC(C)S)(COC(=O)CC(C)SCC(C)C(=O)OCCOP(=O)(O)O)COC(=O)CC(C)SCC(C)C(=O)OCCOP(=O)(O)O. The van der Waals surface area contributed by atoms with E-state index in [0.29, 0.717) is 0 Å². The maximum absolute atomic E-state index is 13.1. The fourth-order valence-electron chi connectivity index (χ4n) is 4.12. The van der Waals surface area contributed by atoms with Crippen LogP contribution in [0, 0.1) is 17.3 Å². The Labute approximate surface area is 363 Å². The van der Waals surface area contributed by atoms with Gasteiger partial charge in [-0.3, -0.25) is 37.8 Å². The molecule has 344 valence electrons. The van der Waals surface area contributed by atoms with E-state index in [1.165, 1.54) is 23.5 Å². The van der Waals surface area contributed by atoms with E-state index in [0.717, 1.165) is 0 Å². The second-order valence-electron chi connectivity index (χ2n) is 13.7. The van der Waals surface area contributed by atoms with Gasteiger partial charge in [0.05, 0.1) is 50.7 Å². The Balaban J connectivity index is 5.63. The van der Waals surface area contributed by atoms with Gasteiger partial charge in [-0.1, -0.05) is 41.5 Å². The molecule has 0 aliphatic rings. The Morgan fingerprint density at radius 1 is 0.508 bits per heavy atom. The monoisotopic (exact) mass is 964 g/mol. The van der Waals surface area contributed by atoms with Gasteiger partial charge < -0.3 is 48.0 Å². The third-order valence-corrected chi connectivity index (χ3v) is 11.5. The van der Waals surface area contributed by atoms with Crippen LogP contribution >= 0.6 is 64.4 Å². The molecule has 20 nitrogen and oxygen atoms in total. The average molecular weight is 965 g/mol. The number of thiol groups is 2. The Kier molecular flexibility index (Phi) is 28.9. The van der Waals surface area contributed by atoms with Gasteiger partial charge in [0.2, 0.25) is 0 Å². The van der Waals surface area contributed by atoms with E-state index in [-0.39, 0.29) is 71.4 Å². The zero-order valence-electron chi connectivity index (χ0n) is 33.8. The van der Waals surface area contributed by atoms with Crippen molar-refractivity contribution in [1.29, 1.82) is 0 Å². The summed E-state index contributed by atoms with van der Waals surface area (Å²) >= 11 is 10.9. The van der Waals surface area contributed by atoms with Crippen LogP contribution in [0.3, 0.4) is 0 Å². The van der Waals surface area contributed by atoms with E-state index in [2.05, 4.69) is 34.3 Å². The zero-order valence-corrected chi connectivity index (χ0v) is 39.0. The number of thioether (sulfide) groups is 2. The summed E-state index contributed by atoms with van der Waals surface area (Å²) in [6.45, 7) is 6.19. The molecule has 0 aliphatic carbocycles. The van der Waals surface area contributed by atoms with Gasteiger partial charge in [0.25, 0.3) is 0 Å². The topological polar surface area (TPSA) is 291 Å². The van der Waals surface area contributed by atoms with Gasteiger partial charge >= 0.3 is 51.5 Å². The van der Waals surface area contributed by atoms with Crippen LogP contribution in [0.1, 0.15) is 67.2 Å². The number of rotatable bonds is 32. The van der Waals surface area contributed by atoms with Crippen LogP contribution in [0.4, 0.5) is 0 Å². The van der Waals surface area contributed by atoms with E-state index in [4.69, 9.17) is 48.0 Å². The lowest BCUT2D eigenvalue weighted by atomic mass is 9.92. The highest BCUT2D eigenvalue weighted by atomic mass is 32.2. The van der Waals surface area contributed by atoms with Crippen molar-refractivity contribution in [3.05, 3.63) is 0 Å². The van der Waals surface area contributed by atoms with Crippen molar-refractivity contribution in [3.8, 4) is 0 Å². The maximum atomic E-state index is 13.1.